The molecule has 1 aliphatic heterocycles. The Bertz CT molecular complexity index is 244. The molecule has 0 spiro atoms. The molecule has 18 heavy (non-hydrogen) atoms. The first-order valence-electron chi connectivity index (χ1n) is 7.83. The summed E-state index contributed by atoms with van der Waals surface area (Å²) in [4.78, 5) is 5.12. The van der Waals surface area contributed by atoms with Gasteiger partial charge < -0.3 is 15.1 Å². The van der Waals surface area contributed by atoms with E-state index in [1.165, 1.54) is 51.7 Å². The summed E-state index contributed by atoms with van der Waals surface area (Å²) in [6, 6.07) is 1.56. The first kappa shape index (κ1) is 14.3. The maximum atomic E-state index is 3.67. The fourth-order valence-corrected chi connectivity index (χ4v) is 3.80. The van der Waals surface area contributed by atoms with Crippen molar-refractivity contribution in [3.05, 3.63) is 0 Å². The van der Waals surface area contributed by atoms with E-state index in [4.69, 9.17) is 0 Å². The minimum absolute atomic E-state index is 0.777. The van der Waals surface area contributed by atoms with Gasteiger partial charge in [-0.05, 0) is 58.8 Å². The van der Waals surface area contributed by atoms with Crippen molar-refractivity contribution in [2.75, 3.05) is 40.3 Å². The number of nitrogens with one attached hydrogen (secondary N) is 1. The normalized spacial score (nSPS) is 34.3. The lowest BCUT2D eigenvalue weighted by Crippen LogP contribution is -2.48. The minimum atomic E-state index is 0.777. The third kappa shape index (κ3) is 3.69. The van der Waals surface area contributed by atoms with Crippen molar-refractivity contribution in [1.29, 1.82) is 0 Å². The fraction of sp³-hybridized carbons (Fsp3) is 1.00. The van der Waals surface area contributed by atoms with E-state index in [9.17, 15) is 0 Å². The first-order valence-corrected chi connectivity index (χ1v) is 7.83. The smallest absolute Gasteiger partial charge is 0.0220 e. The molecule has 2 aliphatic rings. The molecule has 1 aliphatic carbocycles. The highest BCUT2D eigenvalue weighted by atomic mass is 15.2. The zero-order valence-electron chi connectivity index (χ0n) is 12.5. The van der Waals surface area contributed by atoms with Crippen molar-refractivity contribution >= 4 is 0 Å². The largest absolute Gasteiger partial charge is 0.314 e. The Balaban J connectivity index is 1.80. The Kier molecular flexibility index (Phi) is 5.46. The molecule has 1 saturated heterocycles. The van der Waals surface area contributed by atoms with Crippen LogP contribution < -0.4 is 5.32 Å². The summed E-state index contributed by atoms with van der Waals surface area (Å²) in [5.74, 6) is 0.877. The summed E-state index contributed by atoms with van der Waals surface area (Å²) in [5, 5.41) is 3.67. The van der Waals surface area contributed by atoms with Crippen molar-refractivity contribution in [2.45, 2.75) is 51.1 Å². The van der Waals surface area contributed by atoms with Gasteiger partial charge in [0.2, 0.25) is 0 Å². The lowest BCUT2D eigenvalue weighted by Gasteiger charge is -2.37. The van der Waals surface area contributed by atoms with Gasteiger partial charge in [0.25, 0.3) is 0 Å². The van der Waals surface area contributed by atoms with E-state index in [2.05, 4.69) is 36.1 Å². The molecule has 3 atom stereocenters. The lowest BCUT2D eigenvalue weighted by molar-refractivity contribution is 0.116. The molecule has 0 aromatic heterocycles. The van der Waals surface area contributed by atoms with E-state index in [1.54, 1.807) is 0 Å². The minimum Gasteiger partial charge on any atom is -0.314 e. The Labute approximate surface area is 113 Å². The highest BCUT2D eigenvalue weighted by molar-refractivity contribution is 4.87. The molecular weight excluding hydrogens is 222 g/mol. The molecule has 106 valence electrons. The van der Waals surface area contributed by atoms with Crippen LogP contribution in [0.2, 0.25) is 0 Å². The highest BCUT2D eigenvalue weighted by Gasteiger charge is 2.30. The Morgan fingerprint density at radius 2 is 2.06 bits per heavy atom. The number of nitrogens with zero attached hydrogens (tertiary/aromatic N) is 2. The van der Waals surface area contributed by atoms with Gasteiger partial charge in [-0.3, -0.25) is 0 Å². The van der Waals surface area contributed by atoms with Crippen LogP contribution in [0.25, 0.3) is 0 Å². The topological polar surface area (TPSA) is 18.5 Å². The van der Waals surface area contributed by atoms with Crippen LogP contribution in [0.5, 0.6) is 0 Å². The second-order valence-corrected chi connectivity index (χ2v) is 6.35. The van der Waals surface area contributed by atoms with E-state index >= 15 is 0 Å². The average molecular weight is 253 g/mol. The third-order valence-corrected chi connectivity index (χ3v) is 4.87. The molecule has 0 bridgehead atoms. The van der Waals surface area contributed by atoms with Gasteiger partial charge in [-0.25, -0.2) is 0 Å². The predicted molar refractivity (Wildman–Crippen MR) is 78.0 cm³/mol. The quantitative estimate of drug-likeness (QED) is 0.806. The third-order valence-electron chi connectivity index (χ3n) is 4.87. The molecule has 2 rings (SSSR count). The van der Waals surface area contributed by atoms with Gasteiger partial charge in [-0.1, -0.05) is 13.3 Å². The molecule has 1 saturated carbocycles. The standard InChI is InChI=1S/C15H31N3/c1-4-16-15-9-5-7-13(15)11-18(3)14-8-6-10-17(2)12-14/h13-16H,4-12H2,1-3H3. The number of hydrogen-bond donors (Lipinski definition) is 1. The zero-order valence-corrected chi connectivity index (χ0v) is 12.5. The molecule has 3 heteroatoms. The number of hydrogen-bond acceptors (Lipinski definition) is 3. The average Bonchev–Trinajstić information content (AvgIpc) is 2.77. The summed E-state index contributed by atoms with van der Waals surface area (Å²) in [6.45, 7) is 7.19. The molecular formula is C15H31N3. The van der Waals surface area contributed by atoms with E-state index in [1.807, 2.05) is 0 Å². The zero-order chi connectivity index (χ0) is 13.0. The first-order chi connectivity index (χ1) is 8.70. The van der Waals surface area contributed by atoms with Crippen LogP contribution >= 0.6 is 0 Å². The van der Waals surface area contributed by atoms with Crippen molar-refractivity contribution in [3.8, 4) is 0 Å². The molecule has 1 N–H and O–H groups in total. The Morgan fingerprint density at radius 1 is 1.22 bits per heavy atom. The molecule has 0 aromatic carbocycles. The molecule has 3 nitrogen and oxygen atoms in total. The van der Waals surface area contributed by atoms with Crippen LogP contribution in [0.4, 0.5) is 0 Å². The second-order valence-electron chi connectivity index (χ2n) is 6.35. The number of likely N-dealkylation sites (N-methyl/N-ethyl adjacent to an activating group) is 2. The van der Waals surface area contributed by atoms with Crippen LogP contribution in [0, 0.1) is 5.92 Å². The summed E-state index contributed by atoms with van der Waals surface area (Å²) >= 11 is 0. The van der Waals surface area contributed by atoms with Gasteiger partial charge in [0, 0.05) is 25.2 Å². The summed E-state index contributed by atoms with van der Waals surface area (Å²) < 4.78 is 0. The molecule has 0 radical (unpaired) electrons. The van der Waals surface area contributed by atoms with Crippen molar-refractivity contribution in [2.24, 2.45) is 5.92 Å². The van der Waals surface area contributed by atoms with Crippen LogP contribution in [0.15, 0.2) is 0 Å². The lowest BCUT2D eigenvalue weighted by atomic mass is 9.99. The number of piperidine rings is 1. The van der Waals surface area contributed by atoms with Crippen LogP contribution in [0.1, 0.15) is 39.0 Å². The molecule has 0 aromatic rings. The summed E-state index contributed by atoms with van der Waals surface area (Å²) in [5.41, 5.74) is 0. The van der Waals surface area contributed by atoms with Gasteiger partial charge in [-0.2, -0.15) is 0 Å². The maximum absolute atomic E-state index is 3.67. The Hall–Kier alpha value is -0.120. The fourth-order valence-electron chi connectivity index (χ4n) is 3.80. The Morgan fingerprint density at radius 3 is 2.78 bits per heavy atom. The summed E-state index contributed by atoms with van der Waals surface area (Å²) in [7, 11) is 4.60. The van der Waals surface area contributed by atoms with E-state index in [0.717, 1.165) is 24.5 Å². The van der Waals surface area contributed by atoms with Crippen LogP contribution in [0.3, 0.4) is 0 Å². The number of rotatable bonds is 5. The van der Waals surface area contributed by atoms with E-state index < -0.39 is 0 Å². The van der Waals surface area contributed by atoms with Gasteiger partial charge in [0.15, 0.2) is 0 Å². The number of likely N-dealkylation sites (tertiary alicyclic amines) is 1. The van der Waals surface area contributed by atoms with Crippen molar-refractivity contribution in [3.63, 3.8) is 0 Å². The van der Waals surface area contributed by atoms with Gasteiger partial charge in [0.1, 0.15) is 0 Å². The maximum Gasteiger partial charge on any atom is 0.0220 e. The van der Waals surface area contributed by atoms with E-state index in [0.29, 0.717) is 0 Å². The van der Waals surface area contributed by atoms with E-state index in [-0.39, 0.29) is 0 Å². The second kappa shape index (κ2) is 6.88. The molecule has 2 fully saturated rings. The van der Waals surface area contributed by atoms with Crippen molar-refractivity contribution in [1.82, 2.24) is 15.1 Å². The highest BCUT2D eigenvalue weighted by Crippen LogP contribution is 2.27. The molecule has 3 unspecified atom stereocenters. The van der Waals surface area contributed by atoms with Gasteiger partial charge in [0.05, 0.1) is 0 Å². The van der Waals surface area contributed by atoms with Crippen molar-refractivity contribution < 1.29 is 0 Å². The predicted octanol–water partition coefficient (Wildman–Crippen LogP) is 1.79. The van der Waals surface area contributed by atoms with Gasteiger partial charge in [-0.15, -0.1) is 0 Å². The molecule has 0 amide bonds. The summed E-state index contributed by atoms with van der Waals surface area (Å²) in [6.07, 6.45) is 6.98. The van der Waals surface area contributed by atoms with Crippen LogP contribution in [-0.2, 0) is 0 Å². The van der Waals surface area contributed by atoms with Crippen LogP contribution in [-0.4, -0.2) is 62.2 Å². The monoisotopic (exact) mass is 253 g/mol. The SMILES string of the molecule is CCNC1CCCC1CN(C)C1CCCN(C)C1. The van der Waals surface area contributed by atoms with Gasteiger partial charge >= 0.3 is 0 Å². The molecule has 1 heterocycles.